The van der Waals surface area contributed by atoms with E-state index in [1.807, 2.05) is 0 Å². The summed E-state index contributed by atoms with van der Waals surface area (Å²) in [4.78, 5) is 26.9. The van der Waals surface area contributed by atoms with Crippen molar-refractivity contribution in [2.24, 2.45) is 0 Å². The molecular weight excluding hydrogens is 412 g/mol. The third-order valence-corrected chi connectivity index (χ3v) is 5.35. The molecule has 1 amide bonds. The number of halogens is 1. The Morgan fingerprint density at radius 3 is 2.36 bits per heavy atom. The fourth-order valence-corrected chi connectivity index (χ4v) is 3.53. The fourth-order valence-electron chi connectivity index (χ4n) is 2.31. The molecule has 0 saturated heterocycles. The summed E-state index contributed by atoms with van der Waals surface area (Å²) in [6.07, 6.45) is 0. The number of hydrogen-bond donors (Lipinski definition) is 3. The van der Waals surface area contributed by atoms with E-state index >= 15 is 0 Å². The van der Waals surface area contributed by atoms with Crippen LogP contribution < -0.4 is 4.72 Å². The molecule has 25 heavy (non-hydrogen) atoms. The van der Waals surface area contributed by atoms with Crippen molar-refractivity contribution in [2.75, 3.05) is 0 Å². The number of aromatic amines is 1. The molecule has 0 radical (unpaired) electrons. The number of ketones is 1. The summed E-state index contributed by atoms with van der Waals surface area (Å²) < 4.78 is 26.8. The third kappa shape index (κ3) is 3.28. The summed E-state index contributed by atoms with van der Waals surface area (Å²) in [6, 6.07) is 12.0. The molecule has 0 aliphatic carbocycles. The Bertz CT molecular complexity index is 1090. The molecule has 9 heteroatoms. The second kappa shape index (κ2) is 6.34. The number of aromatic nitrogens is 1. The highest BCUT2D eigenvalue weighted by Gasteiger charge is 2.28. The molecule has 3 rings (SSSR count). The molecule has 3 N–H and O–H groups in total. The first kappa shape index (κ1) is 17.2. The van der Waals surface area contributed by atoms with Gasteiger partial charge in [-0.05, 0) is 30.3 Å². The first-order valence-electron chi connectivity index (χ1n) is 6.96. The van der Waals surface area contributed by atoms with E-state index in [4.69, 9.17) is 0 Å². The standard InChI is InChI=1S/C16H11BrN2O5S/c17-9-5-7-10(8-6-9)25(23,24)19-16(22)14(20)13-11-3-1-2-4-12(11)18-15(13)21/h1-8,18,21H,(H,19,22). The average molecular weight is 423 g/mol. The number of aromatic hydroxyl groups is 1. The number of H-pyrrole nitrogens is 1. The van der Waals surface area contributed by atoms with Crippen molar-refractivity contribution in [2.45, 2.75) is 4.90 Å². The summed E-state index contributed by atoms with van der Waals surface area (Å²) in [5.41, 5.74) is 0.172. The Morgan fingerprint density at radius 2 is 1.68 bits per heavy atom. The van der Waals surface area contributed by atoms with Gasteiger partial charge in [-0.3, -0.25) is 9.59 Å². The number of benzene rings is 2. The van der Waals surface area contributed by atoms with E-state index in [9.17, 15) is 23.1 Å². The summed E-state index contributed by atoms with van der Waals surface area (Å²) in [5, 5.41) is 10.2. The van der Waals surface area contributed by atoms with Crippen molar-refractivity contribution in [1.29, 1.82) is 0 Å². The van der Waals surface area contributed by atoms with E-state index in [1.54, 1.807) is 22.9 Å². The van der Waals surface area contributed by atoms with E-state index in [1.165, 1.54) is 30.3 Å². The monoisotopic (exact) mass is 422 g/mol. The number of Topliss-reactive ketones (excluding diaryl/α,β-unsaturated/α-hetero) is 1. The van der Waals surface area contributed by atoms with E-state index in [0.29, 0.717) is 15.4 Å². The minimum atomic E-state index is -4.21. The molecule has 7 nitrogen and oxygen atoms in total. The first-order valence-corrected chi connectivity index (χ1v) is 9.24. The maximum atomic E-state index is 12.3. The van der Waals surface area contributed by atoms with Gasteiger partial charge in [0.1, 0.15) is 0 Å². The van der Waals surface area contributed by atoms with E-state index in [2.05, 4.69) is 20.9 Å². The molecule has 0 bridgehead atoms. The molecule has 0 spiro atoms. The lowest BCUT2D eigenvalue weighted by atomic mass is 10.1. The number of carbonyl (C=O) groups excluding carboxylic acids is 2. The fraction of sp³-hybridized carbons (Fsp3) is 0. The maximum absolute atomic E-state index is 12.3. The summed E-state index contributed by atoms with van der Waals surface area (Å²) >= 11 is 3.18. The zero-order valence-corrected chi connectivity index (χ0v) is 14.9. The third-order valence-electron chi connectivity index (χ3n) is 3.47. The lowest BCUT2D eigenvalue weighted by Crippen LogP contribution is -2.36. The van der Waals surface area contributed by atoms with Gasteiger partial charge in [-0.1, -0.05) is 34.1 Å². The van der Waals surface area contributed by atoms with Crippen LogP contribution >= 0.6 is 15.9 Å². The van der Waals surface area contributed by atoms with Crippen LogP contribution in [0, 0.1) is 0 Å². The van der Waals surface area contributed by atoms with Crippen LogP contribution in [0.5, 0.6) is 5.88 Å². The molecule has 128 valence electrons. The Morgan fingerprint density at radius 1 is 1.04 bits per heavy atom. The van der Waals surface area contributed by atoms with Gasteiger partial charge in [0.25, 0.3) is 15.8 Å². The number of hydrogen-bond acceptors (Lipinski definition) is 5. The summed E-state index contributed by atoms with van der Waals surface area (Å²) in [5.74, 6) is -3.01. The van der Waals surface area contributed by atoms with Gasteiger partial charge in [-0.15, -0.1) is 0 Å². The molecule has 3 aromatic rings. The molecule has 2 aromatic carbocycles. The zero-order valence-electron chi connectivity index (χ0n) is 12.5. The smallest absolute Gasteiger partial charge is 0.306 e. The highest BCUT2D eigenvalue weighted by Crippen LogP contribution is 2.27. The van der Waals surface area contributed by atoms with E-state index in [-0.39, 0.29) is 10.5 Å². The SMILES string of the molecule is O=C(NS(=O)(=O)c1ccc(Br)cc1)C(=O)c1c(O)[nH]c2ccccc12. The van der Waals surface area contributed by atoms with Crippen LogP contribution in [0.4, 0.5) is 0 Å². The summed E-state index contributed by atoms with van der Waals surface area (Å²) in [6.45, 7) is 0. The Labute approximate surface area is 150 Å². The minimum Gasteiger partial charge on any atom is -0.494 e. The molecule has 0 aliphatic heterocycles. The van der Waals surface area contributed by atoms with Crippen molar-refractivity contribution in [1.82, 2.24) is 9.71 Å². The van der Waals surface area contributed by atoms with Gasteiger partial charge in [0, 0.05) is 15.4 Å². The Balaban J connectivity index is 1.91. The van der Waals surface area contributed by atoms with E-state index in [0.717, 1.165) is 0 Å². The highest BCUT2D eigenvalue weighted by atomic mass is 79.9. The summed E-state index contributed by atoms with van der Waals surface area (Å²) in [7, 11) is -4.21. The van der Waals surface area contributed by atoms with Gasteiger partial charge in [-0.2, -0.15) is 0 Å². The number of fused-ring (bicyclic) bond motifs is 1. The molecule has 0 fully saturated rings. The van der Waals surface area contributed by atoms with Gasteiger partial charge in [0.2, 0.25) is 5.88 Å². The van der Waals surface area contributed by atoms with Gasteiger partial charge in [-0.25, -0.2) is 13.1 Å². The highest BCUT2D eigenvalue weighted by molar-refractivity contribution is 9.10. The van der Waals surface area contributed by atoms with E-state index < -0.39 is 27.6 Å². The number of carbonyl (C=O) groups is 2. The van der Waals surface area contributed by atoms with Gasteiger partial charge in [0.15, 0.2) is 0 Å². The normalized spacial score (nSPS) is 11.4. The Hall–Kier alpha value is -2.65. The van der Waals surface area contributed by atoms with Crippen LogP contribution in [-0.4, -0.2) is 30.2 Å². The molecule has 0 saturated carbocycles. The van der Waals surface area contributed by atoms with Crippen LogP contribution in [0.25, 0.3) is 10.9 Å². The van der Waals surface area contributed by atoms with Crippen LogP contribution in [0.1, 0.15) is 10.4 Å². The van der Waals surface area contributed by atoms with Gasteiger partial charge in [0.05, 0.1) is 10.5 Å². The number of amides is 1. The minimum absolute atomic E-state index is 0.167. The molecule has 0 aliphatic rings. The molecule has 0 unspecified atom stereocenters. The van der Waals surface area contributed by atoms with Crippen molar-refractivity contribution in [3.05, 3.63) is 58.6 Å². The molecule has 0 atom stereocenters. The van der Waals surface area contributed by atoms with Crippen molar-refractivity contribution in [3.63, 3.8) is 0 Å². The topological polar surface area (TPSA) is 116 Å². The lowest BCUT2D eigenvalue weighted by molar-refractivity contribution is -0.115. The van der Waals surface area contributed by atoms with Gasteiger partial charge >= 0.3 is 5.91 Å². The molecule has 1 heterocycles. The number of sulfonamides is 1. The average Bonchev–Trinajstić information content (AvgIpc) is 2.89. The number of para-hydroxylation sites is 1. The quantitative estimate of drug-likeness (QED) is 0.440. The predicted octanol–water partition coefficient (Wildman–Crippen LogP) is 2.32. The maximum Gasteiger partial charge on any atom is 0.306 e. The number of nitrogens with one attached hydrogen (secondary N) is 2. The molecular formula is C16H11BrN2O5S. The second-order valence-electron chi connectivity index (χ2n) is 5.11. The van der Waals surface area contributed by atoms with Crippen LogP contribution in [0.15, 0.2) is 57.9 Å². The largest absolute Gasteiger partial charge is 0.494 e. The van der Waals surface area contributed by atoms with Crippen LogP contribution in [0.2, 0.25) is 0 Å². The molecule has 1 aromatic heterocycles. The first-order chi connectivity index (χ1) is 11.8. The van der Waals surface area contributed by atoms with Crippen LogP contribution in [0.3, 0.4) is 0 Å². The van der Waals surface area contributed by atoms with Crippen molar-refractivity contribution >= 4 is 48.5 Å². The predicted molar refractivity (Wildman–Crippen MR) is 93.8 cm³/mol. The van der Waals surface area contributed by atoms with Crippen LogP contribution in [-0.2, 0) is 14.8 Å². The zero-order chi connectivity index (χ0) is 18.2. The second-order valence-corrected chi connectivity index (χ2v) is 7.71. The van der Waals surface area contributed by atoms with Crippen molar-refractivity contribution < 1.29 is 23.1 Å². The number of rotatable bonds is 4. The lowest BCUT2D eigenvalue weighted by Gasteiger charge is -2.06. The van der Waals surface area contributed by atoms with Gasteiger partial charge < -0.3 is 10.1 Å². The van der Waals surface area contributed by atoms with Crippen molar-refractivity contribution in [3.8, 4) is 5.88 Å². The Kier molecular flexibility index (Phi) is 4.36.